The fraction of sp³-hybridized carbons (Fsp3) is 0.100. The second-order valence-electron chi connectivity index (χ2n) is 10.9. The van der Waals surface area contributed by atoms with Crippen LogP contribution in [-0.2, 0) is 0 Å². The van der Waals surface area contributed by atoms with Crippen LogP contribution < -0.4 is 28.7 Å². The summed E-state index contributed by atoms with van der Waals surface area (Å²) in [6.07, 6.45) is 0. The number of hydrogen-bond acceptors (Lipinski definition) is 8. The molecule has 0 amide bonds. The number of rotatable bonds is 10. The molecule has 0 atom stereocenters. The molecule has 6 aromatic carbocycles. The lowest BCUT2D eigenvalue weighted by molar-refractivity contribution is 0.414. The van der Waals surface area contributed by atoms with Crippen LogP contribution in [0.4, 0.5) is 34.1 Å². The SMILES string of the molecule is COc1ccc(N(c2ccc(OC)cc2)c2ccc3c(c2)Sc2ccc(N(c4ccc(OC)cc4)c4ccc(OC)cc4)cc2S3)cc1. The van der Waals surface area contributed by atoms with Crippen molar-refractivity contribution in [1.82, 2.24) is 0 Å². The standard InChI is InChI=1S/C40H34N2O4S2/c1-43-33-15-5-27(6-16-33)41(28-7-17-34(44-2)18-8-28)31-13-23-37-39(25-31)47-38-24-14-32(26-40(38)48-37)42(29-9-19-35(45-3)20-10-29)30-11-21-36(46-4)22-12-30/h5-26H,1-4H3. The van der Waals surface area contributed by atoms with E-state index in [1.165, 1.54) is 19.6 Å². The van der Waals surface area contributed by atoms with Gasteiger partial charge >= 0.3 is 0 Å². The lowest BCUT2D eigenvalue weighted by atomic mass is 10.2. The Hall–Kier alpha value is -5.18. The highest BCUT2D eigenvalue weighted by Gasteiger charge is 2.22. The first-order valence-corrected chi connectivity index (χ1v) is 17.0. The van der Waals surface area contributed by atoms with Crippen LogP contribution in [0.15, 0.2) is 153 Å². The first-order valence-electron chi connectivity index (χ1n) is 15.4. The molecule has 0 radical (unpaired) electrons. The summed E-state index contributed by atoms with van der Waals surface area (Å²) in [6.45, 7) is 0. The van der Waals surface area contributed by atoms with E-state index in [1.807, 2.05) is 48.5 Å². The smallest absolute Gasteiger partial charge is 0.119 e. The molecular weight excluding hydrogens is 637 g/mol. The van der Waals surface area contributed by atoms with Gasteiger partial charge in [0.2, 0.25) is 0 Å². The predicted molar refractivity (Wildman–Crippen MR) is 197 cm³/mol. The minimum Gasteiger partial charge on any atom is -0.497 e. The van der Waals surface area contributed by atoms with Crippen LogP contribution in [0.2, 0.25) is 0 Å². The Morgan fingerprint density at radius 1 is 0.312 bits per heavy atom. The summed E-state index contributed by atoms with van der Waals surface area (Å²) in [5.41, 5.74) is 6.30. The fourth-order valence-corrected chi connectivity index (χ4v) is 7.92. The highest BCUT2D eigenvalue weighted by Crippen LogP contribution is 2.52. The topological polar surface area (TPSA) is 43.4 Å². The highest BCUT2D eigenvalue weighted by atomic mass is 32.2. The third-order valence-electron chi connectivity index (χ3n) is 8.13. The molecular formula is C40H34N2O4S2. The highest BCUT2D eigenvalue weighted by molar-refractivity contribution is 8.05. The lowest BCUT2D eigenvalue weighted by Gasteiger charge is -2.29. The monoisotopic (exact) mass is 670 g/mol. The van der Waals surface area contributed by atoms with Crippen molar-refractivity contribution in [1.29, 1.82) is 0 Å². The van der Waals surface area contributed by atoms with Crippen molar-refractivity contribution < 1.29 is 18.9 Å². The van der Waals surface area contributed by atoms with E-state index < -0.39 is 0 Å². The minimum absolute atomic E-state index is 0.819. The van der Waals surface area contributed by atoms with Gasteiger partial charge in [-0.1, -0.05) is 23.5 Å². The van der Waals surface area contributed by atoms with Crippen LogP contribution in [-0.4, -0.2) is 28.4 Å². The summed E-state index contributed by atoms with van der Waals surface area (Å²) in [6, 6.07) is 46.0. The van der Waals surface area contributed by atoms with E-state index in [0.29, 0.717) is 0 Å². The number of hydrogen-bond donors (Lipinski definition) is 0. The molecule has 48 heavy (non-hydrogen) atoms. The van der Waals surface area contributed by atoms with Crippen molar-refractivity contribution in [2.24, 2.45) is 0 Å². The van der Waals surface area contributed by atoms with Crippen LogP contribution in [0.3, 0.4) is 0 Å². The molecule has 8 heteroatoms. The summed E-state index contributed by atoms with van der Waals surface area (Å²) in [5.74, 6) is 3.28. The summed E-state index contributed by atoms with van der Waals surface area (Å²) >= 11 is 3.60. The van der Waals surface area contributed by atoms with Gasteiger partial charge in [-0.3, -0.25) is 0 Å². The van der Waals surface area contributed by atoms with E-state index in [9.17, 15) is 0 Å². The van der Waals surface area contributed by atoms with Gasteiger partial charge in [-0.05, 0) is 133 Å². The van der Waals surface area contributed by atoms with E-state index in [2.05, 4.69) is 94.7 Å². The quantitative estimate of drug-likeness (QED) is 0.142. The predicted octanol–water partition coefficient (Wildman–Crippen LogP) is 11.3. The van der Waals surface area contributed by atoms with Crippen LogP contribution >= 0.6 is 23.5 Å². The normalized spacial score (nSPS) is 11.6. The number of benzene rings is 6. The van der Waals surface area contributed by atoms with Crippen molar-refractivity contribution in [3.8, 4) is 23.0 Å². The van der Waals surface area contributed by atoms with Gasteiger partial charge in [0.05, 0.1) is 28.4 Å². The molecule has 6 nitrogen and oxygen atoms in total. The Kier molecular flexibility index (Phi) is 9.09. The van der Waals surface area contributed by atoms with E-state index >= 15 is 0 Å². The van der Waals surface area contributed by atoms with Gasteiger partial charge in [-0.2, -0.15) is 0 Å². The zero-order chi connectivity index (χ0) is 33.0. The zero-order valence-electron chi connectivity index (χ0n) is 27.0. The van der Waals surface area contributed by atoms with E-state index in [0.717, 1.165) is 57.1 Å². The summed E-state index contributed by atoms with van der Waals surface area (Å²) in [5, 5.41) is 0. The lowest BCUT2D eigenvalue weighted by Crippen LogP contribution is -2.11. The third kappa shape index (κ3) is 6.37. The average Bonchev–Trinajstić information content (AvgIpc) is 3.15. The molecule has 1 heterocycles. The van der Waals surface area contributed by atoms with Gasteiger partial charge < -0.3 is 28.7 Å². The van der Waals surface area contributed by atoms with Crippen molar-refractivity contribution in [3.05, 3.63) is 133 Å². The minimum atomic E-state index is 0.819. The molecule has 0 aromatic heterocycles. The van der Waals surface area contributed by atoms with E-state index in [1.54, 1.807) is 52.0 Å². The first-order chi connectivity index (χ1) is 23.6. The van der Waals surface area contributed by atoms with E-state index in [-0.39, 0.29) is 0 Å². The first kappa shape index (κ1) is 31.4. The molecule has 0 spiro atoms. The summed E-state index contributed by atoms with van der Waals surface area (Å²) in [7, 11) is 6.74. The van der Waals surface area contributed by atoms with Gasteiger partial charge in [0, 0.05) is 53.7 Å². The van der Waals surface area contributed by atoms with Crippen LogP contribution in [0.25, 0.3) is 0 Å². The van der Waals surface area contributed by atoms with Crippen LogP contribution in [0.5, 0.6) is 23.0 Å². The van der Waals surface area contributed by atoms with Crippen molar-refractivity contribution in [2.45, 2.75) is 19.6 Å². The second kappa shape index (κ2) is 13.9. The molecule has 0 N–H and O–H groups in total. The Morgan fingerprint density at radius 2 is 0.562 bits per heavy atom. The maximum absolute atomic E-state index is 5.44. The van der Waals surface area contributed by atoms with Gasteiger partial charge in [-0.25, -0.2) is 0 Å². The van der Waals surface area contributed by atoms with Crippen molar-refractivity contribution in [2.75, 3.05) is 38.2 Å². The van der Waals surface area contributed by atoms with Crippen molar-refractivity contribution in [3.63, 3.8) is 0 Å². The summed E-state index contributed by atoms with van der Waals surface area (Å²) in [4.78, 5) is 9.38. The number of methoxy groups -OCH3 is 4. The number of fused-ring (bicyclic) bond motifs is 2. The molecule has 0 saturated heterocycles. The van der Waals surface area contributed by atoms with Gasteiger partial charge in [0.15, 0.2) is 0 Å². The van der Waals surface area contributed by atoms with Crippen LogP contribution in [0.1, 0.15) is 0 Å². The Labute approximate surface area is 289 Å². The van der Waals surface area contributed by atoms with Crippen LogP contribution in [0, 0.1) is 0 Å². The number of nitrogens with zero attached hydrogens (tertiary/aromatic N) is 2. The molecule has 240 valence electrons. The van der Waals surface area contributed by atoms with Crippen molar-refractivity contribution >= 4 is 57.6 Å². The third-order valence-corrected chi connectivity index (χ3v) is 10.7. The molecule has 0 bridgehead atoms. The second-order valence-corrected chi connectivity index (χ2v) is 13.1. The maximum Gasteiger partial charge on any atom is 0.119 e. The molecule has 0 fully saturated rings. The van der Waals surface area contributed by atoms with Gasteiger partial charge in [-0.15, -0.1) is 0 Å². The molecule has 7 rings (SSSR count). The molecule has 1 aliphatic heterocycles. The number of anilines is 6. The van der Waals surface area contributed by atoms with Gasteiger partial charge in [0.1, 0.15) is 23.0 Å². The Morgan fingerprint density at radius 3 is 0.812 bits per heavy atom. The average molecular weight is 671 g/mol. The maximum atomic E-state index is 5.44. The fourth-order valence-electron chi connectivity index (χ4n) is 5.66. The Balaban J connectivity index is 1.23. The molecule has 0 unspecified atom stereocenters. The largest absolute Gasteiger partial charge is 0.497 e. The number of ether oxygens (including phenoxy) is 4. The Bertz CT molecular complexity index is 1770. The molecule has 0 saturated carbocycles. The molecule has 0 aliphatic carbocycles. The molecule has 1 aliphatic rings. The van der Waals surface area contributed by atoms with Gasteiger partial charge in [0.25, 0.3) is 0 Å². The molecule has 6 aromatic rings. The zero-order valence-corrected chi connectivity index (χ0v) is 28.7. The summed E-state index contributed by atoms with van der Waals surface area (Å²) < 4.78 is 21.7. The van der Waals surface area contributed by atoms with E-state index in [4.69, 9.17) is 18.9 Å².